The Balaban J connectivity index is 2.20. The minimum absolute atomic E-state index is 0.195. The molecule has 2 rings (SSSR count). The minimum Gasteiger partial charge on any atom is -0.393 e. The lowest BCUT2D eigenvalue weighted by Crippen LogP contribution is -2.40. The molecule has 5 nitrogen and oxygen atoms in total. The van der Waals surface area contributed by atoms with Crippen LogP contribution in [0.5, 0.6) is 0 Å². The van der Waals surface area contributed by atoms with E-state index in [1.807, 2.05) is 13.0 Å². The first-order valence-corrected chi connectivity index (χ1v) is 8.92. The number of piperidine rings is 1. The van der Waals surface area contributed by atoms with Crippen molar-refractivity contribution in [3.63, 3.8) is 0 Å². The predicted octanol–water partition coefficient (Wildman–Crippen LogP) is 1.90. The highest BCUT2D eigenvalue weighted by molar-refractivity contribution is 7.89. The summed E-state index contributed by atoms with van der Waals surface area (Å²) >= 11 is 0. The molecule has 0 bridgehead atoms. The molecule has 0 amide bonds. The Bertz CT molecular complexity index is 564. The van der Waals surface area contributed by atoms with Gasteiger partial charge in [-0.1, -0.05) is 12.1 Å². The van der Waals surface area contributed by atoms with E-state index >= 15 is 0 Å². The number of aliphatic hydroxyl groups is 1. The summed E-state index contributed by atoms with van der Waals surface area (Å²) in [5.41, 5.74) is 0.651. The van der Waals surface area contributed by atoms with Gasteiger partial charge in [-0.3, -0.25) is 0 Å². The van der Waals surface area contributed by atoms with Crippen molar-refractivity contribution >= 4 is 15.7 Å². The van der Waals surface area contributed by atoms with E-state index in [2.05, 4.69) is 5.32 Å². The smallest absolute Gasteiger partial charge is 0.245 e. The highest BCUT2D eigenvalue weighted by Gasteiger charge is 2.32. The first-order chi connectivity index (χ1) is 9.96. The fourth-order valence-corrected chi connectivity index (χ4v) is 4.40. The first-order valence-electron chi connectivity index (χ1n) is 7.48. The average Bonchev–Trinajstić information content (AvgIpc) is 2.48. The summed E-state index contributed by atoms with van der Waals surface area (Å²) in [7, 11) is -3.47. The normalized spacial score (nSPS) is 19.4. The third-order valence-corrected chi connectivity index (χ3v) is 6.01. The summed E-state index contributed by atoms with van der Waals surface area (Å²) in [6.45, 7) is 5.33. The number of nitrogens with zero attached hydrogens (tertiary/aromatic N) is 1. The van der Waals surface area contributed by atoms with Gasteiger partial charge in [0.25, 0.3) is 0 Å². The van der Waals surface area contributed by atoms with Crippen LogP contribution in [0.4, 0.5) is 5.69 Å². The molecule has 1 aromatic carbocycles. The molecule has 1 heterocycles. The molecule has 0 radical (unpaired) electrons. The molecule has 6 heteroatoms. The molecule has 1 aliphatic rings. The van der Waals surface area contributed by atoms with Crippen LogP contribution in [0.1, 0.15) is 26.7 Å². The van der Waals surface area contributed by atoms with Crippen LogP contribution in [-0.2, 0) is 10.0 Å². The number of hydrogen-bond acceptors (Lipinski definition) is 4. The molecule has 0 aliphatic carbocycles. The number of para-hydroxylation sites is 1. The van der Waals surface area contributed by atoms with Gasteiger partial charge in [-0.05, 0) is 44.7 Å². The van der Waals surface area contributed by atoms with Crippen LogP contribution < -0.4 is 5.32 Å². The van der Waals surface area contributed by atoms with Crippen LogP contribution in [0.3, 0.4) is 0 Å². The van der Waals surface area contributed by atoms with Gasteiger partial charge in [-0.15, -0.1) is 0 Å². The van der Waals surface area contributed by atoms with Gasteiger partial charge in [0.15, 0.2) is 0 Å². The summed E-state index contributed by atoms with van der Waals surface area (Å²) in [5.74, 6) is 0.195. The molecule has 118 valence electrons. The molecular formula is C15H24N2O3S. The Hall–Kier alpha value is -1.11. The maximum Gasteiger partial charge on any atom is 0.245 e. The highest BCUT2D eigenvalue weighted by atomic mass is 32.2. The van der Waals surface area contributed by atoms with Crippen molar-refractivity contribution in [3.8, 4) is 0 Å². The number of hydrogen-bond donors (Lipinski definition) is 2. The van der Waals surface area contributed by atoms with Crippen molar-refractivity contribution in [3.05, 3.63) is 24.3 Å². The van der Waals surface area contributed by atoms with Crippen LogP contribution in [0.25, 0.3) is 0 Å². The predicted molar refractivity (Wildman–Crippen MR) is 83.8 cm³/mol. The number of sulfonamides is 1. The van der Waals surface area contributed by atoms with E-state index in [0.717, 1.165) is 0 Å². The van der Waals surface area contributed by atoms with Gasteiger partial charge in [0, 0.05) is 19.6 Å². The van der Waals surface area contributed by atoms with Gasteiger partial charge >= 0.3 is 0 Å². The van der Waals surface area contributed by atoms with E-state index in [1.165, 1.54) is 4.31 Å². The molecule has 2 N–H and O–H groups in total. The third-order valence-electron chi connectivity index (χ3n) is 4.05. The van der Waals surface area contributed by atoms with Crippen LogP contribution in [0, 0.1) is 5.92 Å². The third kappa shape index (κ3) is 3.56. The molecule has 1 fully saturated rings. The fraction of sp³-hybridized carbons (Fsp3) is 0.600. The van der Waals surface area contributed by atoms with Gasteiger partial charge in [0.05, 0.1) is 11.8 Å². The number of aliphatic hydroxyl groups excluding tert-OH is 1. The zero-order chi connectivity index (χ0) is 15.5. The molecule has 1 atom stereocenters. The largest absolute Gasteiger partial charge is 0.393 e. The molecule has 21 heavy (non-hydrogen) atoms. The SMILES string of the molecule is CCNc1ccccc1S(=O)(=O)N1CCC(C(C)O)CC1. The number of rotatable bonds is 5. The van der Waals surface area contributed by atoms with E-state index in [-0.39, 0.29) is 12.0 Å². The van der Waals surface area contributed by atoms with E-state index < -0.39 is 10.0 Å². The molecular weight excluding hydrogens is 288 g/mol. The lowest BCUT2D eigenvalue weighted by Gasteiger charge is -2.32. The van der Waals surface area contributed by atoms with Crippen molar-refractivity contribution in [2.45, 2.75) is 37.7 Å². The molecule has 1 unspecified atom stereocenters. The van der Waals surface area contributed by atoms with E-state index in [0.29, 0.717) is 43.1 Å². The molecule has 1 saturated heterocycles. The van der Waals surface area contributed by atoms with E-state index in [1.54, 1.807) is 25.1 Å². The Morgan fingerprint density at radius 1 is 1.33 bits per heavy atom. The molecule has 0 saturated carbocycles. The van der Waals surface area contributed by atoms with Gasteiger partial charge in [-0.25, -0.2) is 8.42 Å². The number of nitrogens with one attached hydrogen (secondary N) is 1. The topological polar surface area (TPSA) is 69.6 Å². The van der Waals surface area contributed by atoms with Crippen molar-refractivity contribution in [2.75, 3.05) is 25.0 Å². The van der Waals surface area contributed by atoms with E-state index in [9.17, 15) is 13.5 Å². The van der Waals surface area contributed by atoms with Crippen LogP contribution >= 0.6 is 0 Å². The second-order valence-corrected chi connectivity index (χ2v) is 7.41. The maximum atomic E-state index is 12.8. The van der Waals surface area contributed by atoms with Gasteiger partial charge in [0.1, 0.15) is 4.90 Å². The molecule has 1 aliphatic heterocycles. The Labute approximate surface area is 127 Å². The maximum absolute atomic E-state index is 12.8. The second-order valence-electron chi connectivity index (χ2n) is 5.51. The molecule has 0 aromatic heterocycles. The van der Waals surface area contributed by atoms with Crippen molar-refractivity contribution < 1.29 is 13.5 Å². The van der Waals surface area contributed by atoms with Gasteiger partial charge < -0.3 is 10.4 Å². The van der Waals surface area contributed by atoms with Crippen LogP contribution in [0.2, 0.25) is 0 Å². The van der Waals surface area contributed by atoms with Crippen molar-refractivity contribution in [1.82, 2.24) is 4.31 Å². The zero-order valence-corrected chi connectivity index (χ0v) is 13.4. The van der Waals surface area contributed by atoms with E-state index in [4.69, 9.17) is 0 Å². The number of anilines is 1. The van der Waals surface area contributed by atoms with Crippen LogP contribution in [-0.4, -0.2) is 43.6 Å². The molecule has 0 spiro atoms. The van der Waals surface area contributed by atoms with Crippen LogP contribution in [0.15, 0.2) is 29.2 Å². The lowest BCUT2D eigenvalue weighted by molar-refractivity contribution is 0.0912. The Morgan fingerprint density at radius 3 is 2.52 bits per heavy atom. The summed E-state index contributed by atoms with van der Waals surface area (Å²) in [5, 5.41) is 12.7. The van der Waals surface area contributed by atoms with Crippen molar-refractivity contribution in [1.29, 1.82) is 0 Å². The van der Waals surface area contributed by atoms with Crippen molar-refractivity contribution in [2.24, 2.45) is 5.92 Å². The monoisotopic (exact) mass is 312 g/mol. The summed E-state index contributed by atoms with van der Waals surface area (Å²) in [6, 6.07) is 7.01. The number of benzene rings is 1. The quantitative estimate of drug-likeness (QED) is 0.871. The first kappa shape index (κ1) is 16.3. The minimum atomic E-state index is -3.47. The standard InChI is InChI=1S/C15H24N2O3S/c1-3-16-14-6-4-5-7-15(14)21(19,20)17-10-8-13(9-11-17)12(2)18/h4-7,12-13,16,18H,3,8-11H2,1-2H3. The average molecular weight is 312 g/mol. The Morgan fingerprint density at radius 2 is 1.95 bits per heavy atom. The summed E-state index contributed by atoms with van der Waals surface area (Å²) in [4.78, 5) is 0.336. The second kappa shape index (κ2) is 6.77. The Kier molecular flexibility index (Phi) is 5.24. The summed E-state index contributed by atoms with van der Waals surface area (Å²) in [6.07, 6.45) is 1.05. The lowest BCUT2D eigenvalue weighted by atomic mass is 9.93. The zero-order valence-electron chi connectivity index (χ0n) is 12.6. The summed E-state index contributed by atoms with van der Waals surface area (Å²) < 4.78 is 27.1. The van der Waals surface area contributed by atoms with Gasteiger partial charge in [0.2, 0.25) is 10.0 Å². The van der Waals surface area contributed by atoms with Gasteiger partial charge in [-0.2, -0.15) is 4.31 Å². The highest BCUT2D eigenvalue weighted by Crippen LogP contribution is 2.29. The molecule has 1 aromatic rings. The fourth-order valence-electron chi connectivity index (χ4n) is 2.77.